The summed E-state index contributed by atoms with van der Waals surface area (Å²) in [7, 11) is 3.10. The van der Waals surface area contributed by atoms with Crippen LogP contribution in [0.2, 0.25) is 0 Å². The van der Waals surface area contributed by atoms with E-state index in [0.717, 1.165) is 5.56 Å². The fourth-order valence-corrected chi connectivity index (χ4v) is 2.56. The molecule has 0 aliphatic heterocycles. The van der Waals surface area contributed by atoms with Crippen LogP contribution in [0, 0.1) is 6.92 Å². The van der Waals surface area contributed by atoms with Crippen LogP contribution in [0.15, 0.2) is 10.5 Å². The molecule has 0 aliphatic rings. The molecule has 5 heteroatoms. The second-order valence-corrected chi connectivity index (χ2v) is 4.37. The van der Waals surface area contributed by atoms with Gasteiger partial charge in [-0.15, -0.1) is 0 Å². The summed E-state index contributed by atoms with van der Waals surface area (Å²) in [5, 5.41) is 0. The first-order valence-corrected chi connectivity index (χ1v) is 6.00. The molecule has 17 heavy (non-hydrogen) atoms. The number of aryl methyl sites for hydroxylation is 1. The molecule has 0 heterocycles. The molecular weight excluding hydrogens is 286 g/mol. The minimum absolute atomic E-state index is 0.00201. The predicted octanol–water partition coefficient (Wildman–Crippen LogP) is 2.31. The smallest absolute Gasteiger partial charge is 0.175 e. The van der Waals surface area contributed by atoms with Crippen LogP contribution in [-0.4, -0.2) is 26.5 Å². The number of ether oxygens (including phenoxy) is 2. The topological polar surface area (TPSA) is 61.5 Å². The lowest BCUT2D eigenvalue weighted by Crippen LogP contribution is -2.11. The van der Waals surface area contributed by atoms with Gasteiger partial charge in [0.05, 0.1) is 18.7 Å². The summed E-state index contributed by atoms with van der Waals surface area (Å²) in [6, 6.07) is 1.79. The van der Waals surface area contributed by atoms with Crippen molar-refractivity contribution in [1.82, 2.24) is 0 Å². The second kappa shape index (κ2) is 6.02. The summed E-state index contributed by atoms with van der Waals surface area (Å²) in [6.45, 7) is 2.19. The molecule has 0 amide bonds. The van der Waals surface area contributed by atoms with E-state index in [1.54, 1.807) is 13.2 Å². The number of hydrogen-bond acceptors (Lipinski definition) is 4. The highest BCUT2D eigenvalue weighted by atomic mass is 79.9. The highest BCUT2D eigenvalue weighted by molar-refractivity contribution is 9.10. The normalized spacial score (nSPS) is 10.2. The third-order valence-electron chi connectivity index (χ3n) is 2.46. The first-order valence-electron chi connectivity index (χ1n) is 5.21. The van der Waals surface area contributed by atoms with E-state index in [0.29, 0.717) is 34.5 Å². The lowest BCUT2D eigenvalue weighted by molar-refractivity contribution is 0.0983. The number of halogens is 1. The van der Waals surface area contributed by atoms with Crippen LogP contribution in [0.3, 0.4) is 0 Å². The van der Waals surface area contributed by atoms with E-state index in [1.807, 2.05) is 6.92 Å². The first kappa shape index (κ1) is 14.0. The van der Waals surface area contributed by atoms with Gasteiger partial charge in [-0.25, -0.2) is 0 Å². The average Bonchev–Trinajstić information content (AvgIpc) is 2.28. The Labute approximate surface area is 109 Å². The van der Waals surface area contributed by atoms with Crippen molar-refractivity contribution in [2.24, 2.45) is 5.73 Å². The molecule has 4 nitrogen and oxygen atoms in total. The monoisotopic (exact) mass is 301 g/mol. The van der Waals surface area contributed by atoms with Gasteiger partial charge in [-0.3, -0.25) is 4.79 Å². The van der Waals surface area contributed by atoms with Gasteiger partial charge in [0.25, 0.3) is 0 Å². The molecule has 2 N–H and O–H groups in total. The molecule has 0 aromatic heterocycles. The van der Waals surface area contributed by atoms with Crippen molar-refractivity contribution in [3.05, 3.63) is 21.7 Å². The number of benzene rings is 1. The highest BCUT2D eigenvalue weighted by Crippen LogP contribution is 2.39. The van der Waals surface area contributed by atoms with Crippen molar-refractivity contribution in [2.45, 2.75) is 13.3 Å². The van der Waals surface area contributed by atoms with Crippen molar-refractivity contribution < 1.29 is 14.3 Å². The standard InChI is InChI=1S/C12H16BrNO3/c1-7-6-9(16-2)12(17-3)11(13)10(7)8(15)4-5-14/h6H,4-5,14H2,1-3H3. The molecular formula is C12H16BrNO3. The zero-order valence-electron chi connectivity index (χ0n) is 10.2. The summed E-state index contributed by atoms with van der Waals surface area (Å²) in [5.74, 6) is 1.12. The van der Waals surface area contributed by atoms with Crippen LogP contribution in [0.1, 0.15) is 22.3 Å². The van der Waals surface area contributed by atoms with E-state index < -0.39 is 0 Å². The zero-order valence-corrected chi connectivity index (χ0v) is 11.8. The fraction of sp³-hybridized carbons (Fsp3) is 0.417. The number of methoxy groups -OCH3 is 2. The Morgan fingerprint density at radius 3 is 2.53 bits per heavy atom. The van der Waals surface area contributed by atoms with Crippen LogP contribution < -0.4 is 15.2 Å². The number of ketones is 1. The molecule has 1 aromatic carbocycles. The van der Waals surface area contributed by atoms with E-state index in [1.165, 1.54) is 7.11 Å². The SMILES string of the molecule is COc1cc(C)c(C(=O)CCN)c(Br)c1OC. The first-order chi connectivity index (χ1) is 8.06. The van der Waals surface area contributed by atoms with Gasteiger partial charge in [0.2, 0.25) is 0 Å². The maximum absolute atomic E-state index is 11.9. The van der Waals surface area contributed by atoms with Crippen LogP contribution in [0.25, 0.3) is 0 Å². The van der Waals surface area contributed by atoms with Crippen LogP contribution in [0.4, 0.5) is 0 Å². The Morgan fingerprint density at radius 2 is 2.06 bits per heavy atom. The van der Waals surface area contributed by atoms with Crippen LogP contribution in [0.5, 0.6) is 11.5 Å². The van der Waals surface area contributed by atoms with Gasteiger partial charge in [0.1, 0.15) is 0 Å². The molecule has 0 saturated heterocycles. The van der Waals surface area contributed by atoms with Gasteiger partial charge in [-0.05, 0) is 41.0 Å². The Balaban J connectivity index is 3.36. The Kier molecular flexibility index (Phi) is 4.96. The van der Waals surface area contributed by atoms with E-state index in [4.69, 9.17) is 15.2 Å². The zero-order chi connectivity index (χ0) is 13.0. The van der Waals surface area contributed by atoms with Crippen molar-refractivity contribution in [3.63, 3.8) is 0 Å². The third-order valence-corrected chi connectivity index (χ3v) is 3.22. The van der Waals surface area contributed by atoms with Crippen molar-refractivity contribution in [2.75, 3.05) is 20.8 Å². The summed E-state index contributed by atoms with van der Waals surface area (Å²) in [6.07, 6.45) is 0.314. The van der Waals surface area contributed by atoms with Gasteiger partial charge < -0.3 is 15.2 Å². The maximum atomic E-state index is 11.9. The summed E-state index contributed by atoms with van der Waals surface area (Å²) in [5.41, 5.74) is 6.85. The fourth-order valence-electron chi connectivity index (χ4n) is 1.67. The molecule has 0 fully saturated rings. The lowest BCUT2D eigenvalue weighted by Gasteiger charge is -2.15. The van der Waals surface area contributed by atoms with E-state index in [9.17, 15) is 4.79 Å². The summed E-state index contributed by atoms with van der Waals surface area (Å²) >= 11 is 3.39. The second-order valence-electron chi connectivity index (χ2n) is 3.58. The van der Waals surface area contributed by atoms with Crippen LogP contribution in [-0.2, 0) is 0 Å². The van der Waals surface area contributed by atoms with Gasteiger partial charge in [-0.1, -0.05) is 0 Å². The molecule has 0 bridgehead atoms. The quantitative estimate of drug-likeness (QED) is 0.848. The molecule has 0 aliphatic carbocycles. The molecule has 0 atom stereocenters. The van der Waals surface area contributed by atoms with Crippen molar-refractivity contribution >= 4 is 21.7 Å². The minimum atomic E-state index is -0.00201. The Hall–Kier alpha value is -1.07. The Bertz CT molecular complexity index is 432. The van der Waals surface area contributed by atoms with Gasteiger partial charge >= 0.3 is 0 Å². The summed E-state index contributed by atoms with van der Waals surface area (Å²) in [4.78, 5) is 11.9. The Morgan fingerprint density at radius 1 is 1.41 bits per heavy atom. The molecule has 0 spiro atoms. The van der Waals surface area contributed by atoms with Crippen LogP contribution >= 0.6 is 15.9 Å². The highest BCUT2D eigenvalue weighted by Gasteiger charge is 2.20. The number of rotatable bonds is 5. The molecule has 1 rings (SSSR count). The number of carbonyl (C=O) groups is 1. The number of carbonyl (C=O) groups excluding carboxylic acids is 1. The number of hydrogen-bond donors (Lipinski definition) is 1. The van der Waals surface area contributed by atoms with E-state index in [2.05, 4.69) is 15.9 Å². The average molecular weight is 302 g/mol. The molecule has 1 aromatic rings. The summed E-state index contributed by atoms with van der Waals surface area (Å²) < 4.78 is 11.1. The molecule has 0 unspecified atom stereocenters. The van der Waals surface area contributed by atoms with E-state index >= 15 is 0 Å². The molecule has 0 saturated carbocycles. The van der Waals surface area contributed by atoms with Crippen molar-refractivity contribution in [3.8, 4) is 11.5 Å². The van der Waals surface area contributed by atoms with E-state index in [-0.39, 0.29) is 5.78 Å². The molecule has 94 valence electrons. The van der Waals surface area contributed by atoms with Gasteiger partial charge in [0, 0.05) is 12.0 Å². The maximum Gasteiger partial charge on any atom is 0.175 e. The van der Waals surface area contributed by atoms with Gasteiger partial charge in [0.15, 0.2) is 17.3 Å². The lowest BCUT2D eigenvalue weighted by atomic mass is 10.0. The third kappa shape index (κ3) is 2.79. The minimum Gasteiger partial charge on any atom is -0.493 e. The number of Topliss-reactive ketones (excluding diaryl/α,β-unsaturated/α-hetero) is 1. The number of nitrogens with two attached hydrogens (primary N) is 1. The predicted molar refractivity (Wildman–Crippen MR) is 70.0 cm³/mol. The van der Waals surface area contributed by atoms with Crippen molar-refractivity contribution in [1.29, 1.82) is 0 Å². The molecule has 0 radical (unpaired) electrons. The van der Waals surface area contributed by atoms with Gasteiger partial charge in [-0.2, -0.15) is 0 Å². The largest absolute Gasteiger partial charge is 0.493 e.